The molecule has 20 heavy (non-hydrogen) atoms. The molecule has 0 aliphatic heterocycles. The van der Waals surface area contributed by atoms with E-state index in [1.807, 2.05) is 0 Å². The minimum absolute atomic E-state index is 0.248. The second-order valence-corrected chi connectivity index (χ2v) is 6.18. The van der Waals surface area contributed by atoms with Gasteiger partial charge in [0.15, 0.2) is 0 Å². The van der Waals surface area contributed by atoms with E-state index in [1.54, 1.807) is 7.11 Å². The van der Waals surface area contributed by atoms with Gasteiger partial charge in [0.25, 0.3) is 0 Å². The lowest BCUT2D eigenvalue weighted by atomic mass is 9.99. The fourth-order valence-electron chi connectivity index (χ4n) is 2.42. The van der Waals surface area contributed by atoms with E-state index in [0.717, 1.165) is 13.0 Å². The van der Waals surface area contributed by atoms with Crippen molar-refractivity contribution in [1.29, 1.82) is 0 Å². The first-order valence-electron chi connectivity index (χ1n) is 6.90. The first-order valence-corrected chi connectivity index (χ1v) is 7.82. The van der Waals surface area contributed by atoms with Crippen LogP contribution in [-0.4, -0.2) is 13.7 Å². The standard InChI is InChI=1S/C18H21BrO/c1-13-10-14(2)12-17(11-13)18(19)16-6-4-15(5-7-16)8-9-20-3/h4-7,10-12,18H,8-9H2,1-3H3. The smallest absolute Gasteiger partial charge is 0.0644 e. The molecule has 0 saturated heterocycles. The van der Waals surface area contributed by atoms with Crippen molar-refractivity contribution >= 4 is 15.9 Å². The second kappa shape index (κ2) is 7.05. The van der Waals surface area contributed by atoms with Crippen LogP contribution in [-0.2, 0) is 11.2 Å². The highest BCUT2D eigenvalue weighted by Crippen LogP contribution is 2.32. The number of rotatable bonds is 5. The van der Waals surface area contributed by atoms with Crippen LogP contribution in [0.4, 0.5) is 0 Å². The molecular formula is C18H21BrO. The summed E-state index contributed by atoms with van der Waals surface area (Å²) in [4.78, 5) is 0.248. The molecular weight excluding hydrogens is 312 g/mol. The number of benzene rings is 2. The monoisotopic (exact) mass is 332 g/mol. The Kier molecular flexibility index (Phi) is 5.38. The fourth-order valence-corrected chi connectivity index (χ4v) is 2.99. The first kappa shape index (κ1) is 15.3. The highest BCUT2D eigenvalue weighted by atomic mass is 79.9. The van der Waals surface area contributed by atoms with Crippen LogP contribution >= 0.6 is 15.9 Å². The Bertz CT molecular complexity index is 540. The van der Waals surface area contributed by atoms with E-state index in [-0.39, 0.29) is 4.83 Å². The number of methoxy groups -OCH3 is 1. The van der Waals surface area contributed by atoms with E-state index in [2.05, 4.69) is 72.2 Å². The summed E-state index contributed by atoms with van der Waals surface area (Å²) in [7, 11) is 1.74. The number of alkyl halides is 1. The number of hydrogen-bond donors (Lipinski definition) is 0. The summed E-state index contributed by atoms with van der Waals surface area (Å²) in [5.74, 6) is 0. The van der Waals surface area contributed by atoms with Crippen molar-refractivity contribution in [3.05, 3.63) is 70.3 Å². The van der Waals surface area contributed by atoms with Crippen LogP contribution in [0.3, 0.4) is 0 Å². The van der Waals surface area contributed by atoms with Gasteiger partial charge in [0, 0.05) is 7.11 Å². The van der Waals surface area contributed by atoms with Crippen LogP contribution < -0.4 is 0 Å². The third-order valence-corrected chi connectivity index (χ3v) is 4.46. The number of hydrogen-bond acceptors (Lipinski definition) is 1. The molecule has 0 amide bonds. The van der Waals surface area contributed by atoms with E-state index in [0.29, 0.717) is 0 Å². The Morgan fingerprint density at radius 1 is 0.950 bits per heavy atom. The van der Waals surface area contributed by atoms with Gasteiger partial charge in [0.1, 0.15) is 0 Å². The van der Waals surface area contributed by atoms with Gasteiger partial charge >= 0.3 is 0 Å². The molecule has 0 N–H and O–H groups in total. The predicted octanol–water partition coefficient (Wildman–Crippen LogP) is 4.98. The third kappa shape index (κ3) is 3.94. The van der Waals surface area contributed by atoms with E-state index in [4.69, 9.17) is 4.74 Å². The molecule has 2 rings (SSSR count). The molecule has 0 aliphatic rings. The summed E-state index contributed by atoms with van der Waals surface area (Å²) < 4.78 is 5.11. The van der Waals surface area contributed by atoms with Gasteiger partial charge in [-0.2, -0.15) is 0 Å². The molecule has 0 saturated carbocycles. The van der Waals surface area contributed by atoms with Crippen molar-refractivity contribution in [2.24, 2.45) is 0 Å². The highest BCUT2D eigenvalue weighted by Gasteiger charge is 2.11. The Morgan fingerprint density at radius 2 is 1.55 bits per heavy atom. The zero-order chi connectivity index (χ0) is 14.5. The van der Waals surface area contributed by atoms with Gasteiger partial charge < -0.3 is 4.74 Å². The van der Waals surface area contributed by atoms with Gasteiger partial charge in [-0.3, -0.25) is 0 Å². The summed E-state index contributed by atoms with van der Waals surface area (Å²) in [5.41, 5.74) is 6.53. The molecule has 1 nitrogen and oxygen atoms in total. The molecule has 0 aromatic heterocycles. The first-order chi connectivity index (χ1) is 9.60. The quantitative estimate of drug-likeness (QED) is 0.702. The highest BCUT2D eigenvalue weighted by molar-refractivity contribution is 9.09. The molecule has 0 aliphatic carbocycles. The Morgan fingerprint density at radius 3 is 2.10 bits per heavy atom. The summed E-state index contributed by atoms with van der Waals surface area (Å²) in [6, 6.07) is 15.5. The fraction of sp³-hybridized carbons (Fsp3) is 0.333. The third-order valence-electron chi connectivity index (χ3n) is 3.40. The molecule has 2 aromatic rings. The minimum atomic E-state index is 0.248. The summed E-state index contributed by atoms with van der Waals surface area (Å²) in [6.45, 7) is 5.06. The lowest BCUT2D eigenvalue weighted by molar-refractivity contribution is 0.202. The zero-order valence-electron chi connectivity index (χ0n) is 12.3. The largest absolute Gasteiger partial charge is 0.384 e. The van der Waals surface area contributed by atoms with Crippen molar-refractivity contribution in [1.82, 2.24) is 0 Å². The second-order valence-electron chi connectivity index (χ2n) is 5.27. The topological polar surface area (TPSA) is 9.23 Å². The lowest BCUT2D eigenvalue weighted by Crippen LogP contribution is -1.97. The van der Waals surface area contributed by atoms with Crippen molar-refractivity contribution in [3.63, 3.8) is 0 Å². The van der Waals surface area contributed by atoms with Gasteiger partial charge in [-0.15, -0.1) is 0 Å². The van der Waals surface area contributed by atoms with Crippen LogP contribution in [0, 0.1) is 13.8 Å². The van der Waals surface area contributed by atoms with Crippen molar-refractivity contribution in [2.45, 2.75) is 25.1 Å². The van der Waals surface area contributed by atoms with E-state index in [1.165, 1.54) is 27.8 Å². The van der Waals surface area contributed by atoms with Crippen LogP contribution in [0.2, 0.25) is 0 Å². The summed E-state index contributed by atoms with van der Waals surface area (Å²) in [6.07, 6.45) is 0.966. The number of ether oxygens (including phenoxy) is 1. The maximum Gasteiger partial charge on any atom is 0.0644 e. The lowest BCUT2D eigenvalue weighted by Gasteiger charge is -2.13. The molecule has 1 unspecified atom stereocenters. The Balaban J connectivity index is 2.17. The van der Waals surface area contributed by atoms with Crippen LogP contribution in [0.5, 0.6) is 0 Å². The number of halogens is 1. The van der Waals surface area contributed by atoms with Gasteiger partial charge in [-0.25, -0.2) is 0 Å². The van der Waals surface area contributed by atoms with Crippen LogP contribution in [0.15, 0.2) is 42.5 Å². The Labute approximate surface area is 130 Å². The summed E-state index contributed by atoms with van der Waals surface area (Å²) in [5, 5.41) is 0. The van der Waals surface area contributed by atoms with Gasteiger partial charge in [-0.05, 0) is 37.0 Å². The van der Waals surface area contributed by atoms with Crippen molar-refractivity contribution in [2.75, 3.05) is 13.7 Å². The average molecular weight is 333 g/mol. The van der Waals surface area contributed by atoms with Crippen molar-refractivity contribution in [3.8, 4) is 0 Å². The van der Waals surface area contributed by atoms with E-state index >= 15 is 0 Å². The average Bonchev–Trinajstić information content (AvgIpc) is 2.44. The van der Waals surface area contributed by atoms with E-state index in [9.17, 15) is 0 Å². The molecule has 0 fully saturated rings. The molecule has 0 radical (unpaired) electrons. The maximum absolute atomic E-state index is 5.11. The van der Waals surface area contributed by atoms with Crippen LogP contribution in [0.25, 0.3) is 0 Å². The van der Waals surface area contributed by atoms with Gasteiger partial charge in [-0.1, -0.05) is 69.5 Å². The Hall–Kier alpha value is -1.12. The van der Waals surface area contributed by atoms with Gasteiger partial charge in [0.05, 0.1) is 11.4 Å². The summed E-state index contributed by atoms with van der Waals surface area (Å²) >= 11 is 3.81. The minimum Gasteiger partial charge on any atom is -0.384 e. The maximum atomic E-state index is 5.11. The molecule has 2 heteroatoms. The van der Waals surface area contributed by atoms with Crippen LogP contribution in [0.1, 0.15) is 32.6 Å². The molecule has 0 bridgehead atoms. The SMILES string of the molecule is COCCc1ccc(C(Br)c2cc(C)cc(C)c2)cc1. The predicted molar refractivity (Wildman–Crippen MR) is 88.7 cm³/mol. The molecule has 2 aromatic carbocycles. The molecule has 0 heterocycles. The molecule has 0 spiro atoms. The molecule has 1 atom stereocenters. The zero-order valence-corrected chi connectivity index (χ0v) is 13.9. The van der Waals surface area contributed by atoms with Crippen molar-refractivity contribution < 1.29 is 4.74 Å². The van der Waals surface area contributed by atoms with Gasteiger partial charge in [0.2, 0.25) is 0 Å². The molecule has 106 valence electrons. The normalized spacial score (nSPS) is 12.4. The van der Waals surface area contributed by atoms with E-state index < -0.39 is 0 Å². The number of aryl methyl sites for hydroxylation is 2.